The summed E-state index contributed by atoms with van der Waals surface area (Å²) in [6.45, 7) is 4.81. The summed E-state index contributed by atoms with van der Waals surface area (Å²) < 4.78 is 18.6. The second-order valence-corrected chi connectivity index (χ2v) is 7.67. The number of β-amino-alcohol motifs (C(OH)–C–C–N with tert-alkyl or cyclic N) is 1. The molecule has 0 bridgehead atoms. The highest BCUT2D eigenvalue weighted by Crippen LogP contribution is 2.26. The molecule has 0 radical (unpaired) electrons. The molecule has 0 amide bonds. The van der Waals surface area contributed by atoms with Crippen molar-refractivity contribution in [3.8, 4) is 5.75 Å². The van der Waals surface area contributed by atoms with E-state index in [2.05, 4.69) is 24.0 Å². The summed E-state index contributed by atoms with van der Waals surface area (Å²) >= 11 is 1.80. The maximum absolute atomic E-state index is 12.9. The van der Waals surface area contributed by atoms with Crippen LogP contribution in [0.4, 0.5) is 4.39 Å². The lowest BCUT2D eigenvalue weighted by Gasteiger charge is -2.38. The predicted molar refractivity (Wildman–Crippen MR) is 90.4 cm³/mol. The molecule has 3 rings (SSSR count). The van der Waals surface area contributed by atoms with Gasteiger partial charge >= 0.3 is 0 Å². The Kier molecular flexibility index (Phi) is 4.99. The van der Waals surface area contributed by atoms with Gasteiger partial charge in [0.25, 0.3) is 0 Å². The van der Waals surface area contributed by atoms with Crippen molar-refractivity contribution in [1.82, 2.24) is 4.90 Å². The van der Waals surface area contributed by atoms with Crippen LogP contribution in [0.3, 0.4) is 0 Å². The minimum absolute atomic E-state index is 0.235. The Morgan fingerprint density at radius 3 is 2.74 bits per heavy atom. The molecule has 1 N–H and O–H groups in total. The van der Waals surface area contributed by atoms with Crippen LogP contribution in [0.25, 0.3) is 0 Å². The molecule has 124 valence electrons. The van der Waals surface area contributed by atoms with Gasteiger partial charge < -0.3 is 9.84 Å². The smallest absolute Gasteiger partial charge is 0.123 e. The van der Waals surface area contributed by atoms with Crippen LogP contribution in [0.1, 0.15) is 22.6 Å². The van der Waals surface area contributed by atoms with Crippen molar-refractivity contribution in [3.63, 3.8) is 0 Å². The topological polar surface area (TPSA) is 32.7 Å². The standard InChI is InChI=1S/C18H22FNO2S/c1-14-3-8-17(23-14)11-20-10-2-9-18(21,12-20)13-22-16-6-4-15(19)5-7-16/h3-8,21H,2,9-13H2,1H3. The van der Waals surface area contributed by atoms with E-state index in [1.54, 1.807) is 23.5 Å². The van der Waals surface area contributed by atoms with E-state index in [1.807, 2.05) is 0 Å². The molecule has 1 aromatic carbocycles. The number of aliphatic hydroxyl groups is 1. The van der Waals surface area contributed by atoms with Gasteiger partial charge in [-0.2, -0.15) is 0 Å². The average Bonchev–Trinajstić information content (AvgIpc) is 2.92. The number of ether oxygens (including phenoxy) is 1. The van der Waals surface area contributed by atoms with Crippen LogP contribution < -0.4 is 4.74 Å². The van der Waals surface area contributed by atoms with Crippen molar-refractivity contribution < 1.29 is 14.2 Å². The van der Waals surface area contributed by atoms with Crippen LogP contribution >= 0.6 is 11.3 Å². The van der Waals surface area contributed by atoms with E-state index in [-0.39, 0.29) is 12.4 Å². The molecule has 1 saturated heterocycles. The summed E-state index contributed by atoms with van der Waals surface area (Å²) in [7, 11) is 0. The van der Waals surface area contributed by atoms with Gasteiger partial charge in [0, 0.05) is 22.8 Å². The molecule has 0 aliphatic carbocycles. The first-order valence-corrected chi connectivity index (χ1v) is 8.73. The molecule has 1 atom stereocenters. The molecule has 1 aromatic heterocycles. The molecule has 0 saturated carbocycles. The third-order valence-electron chi connectivity index (χ3n) is 4.13. The van der Waals surface area contributed by atoms with E-state index in [1.165, 1.54) is 21.9 Å². The molecular formula is C18H22FNO2S. The van der Waals surface area contributed by atoms with E-state index in [4.69, 9.17) is 4.74 Å². The van der Waals surface area contributed by atoms with Crippen molar-refractivity contribution in [2.75, 3.05) is 19.7 Å². The summed E-state index contributed by atoms with van der Waals surface area (Å²) in [4.78, 5) is 4.92. The van der Waals surface area contributed by atoms with Crippen LogP contribution in [0, 0.1) is 12.7 Å². The van der Waals surface area contributed by atoms with E-state index in [0.29, 0.717) is 12.3 Å². The normalized spacial score (nSPS) is 22.2. The minimum Gasteiger partial charge on any atom is -0.491 e. The molecule has 2 aromatic rings. The fourth-order valence-corrected chi connectivity index (χ4v) is 3.93. The number of piperidine rings is 1. The molecule has 1 aliphatic heterocycles. The van der Waals surface area contributed by atoms with E-state index in [0.717, 1.165) is 25.9 Å². The predicted octanol–water partition coefficient (Wildman–Crippen LogP) is 3.60. The van der Waals surface area contributed by atoms with Crippen molar-refractivity contribution in [2.24, 2.45) is 0 Å². The number of thiophene rings is 1. The van der Waals surface area contributed by atoms with Crippen molar-refractivity contribution >= 4 is 11.3 Å². The Morgan fingerprint density at radius 2 is 2.04 bits per heavy atom. The molecule has 1 fully saturated rings. The number of halogens is 1. The van der Waals surface area contributed by atoms with E-state index >= 15 is 0 Å². The lowest BCUT2D eigenvalue weighted by molar-refractivity contribution is -0.0619. The van der Waals surface area contributed by atoms with E-state index in [9.17, 15) is 9.50 Å². The van der Waals surface area contributed by atoms with Gasteiger partial charge in [-0.05, 0) is 62.7 Å². The third kappa shape index (κ3) is 4.53. The maximum atomic E-state index is 12.9. The lowest BCUT2D eigenvalue weighted by Crippen LogP contribution is -2.51. The summed E-state index contributed by atoms with van der Waals surface area (Å²) in [5, 5.41) is 10.8. The van der Waals surface area contributed by atoms with Gasteiger partial charge in [-0.15, -0.1) is 11.3 Å². The molecule has 23 heavy (non-hydrogen) atoms. The molecule has 1 unspecified atom stereocenters. The molecule has 2 heterocycles. The average molecular weight is 335 g/mol. The van der Waals surface area contributed by atoms with Gasteiger partial charge in [0.05, 0.1) is 0 Å². The number of nitrogens with zero attached hydrogens (tertiary/aromatic N) is 1. The van der Waals surface area contributed by atoms with Crippen molar-refractivity contribution in [1.29, 1.82) is 0 Å². The van der Waals surface area contributed by atoms with Gasteiger partial charge in [0.15, 0.2) is 0 Å². The van der Waals surface area contributed by atoms with Crippen LogP contribution in [-0.2, 0) is 6.54 Å². The van der Waals surface area contributed by atoms with Gasteiger partial charge in [-0.25, -0.2) is 4.39 Å². The number of hydrogen-bond donors (Lipinski definition) is 1. The second kappa shape index (κ2) is 6.99. The Hall–Kier alpha value is -1.43. The first-order valence-electron chi connectivity index (χ1n) is 7.91. The second-order valence-electron chi connectivity index (χ2n) is 6.29. The van der Waals surface area contributed by atoms with Crippen molar-refractivity contribution in [2.45, 2.75) is 31.9 Å². The maximum Gasteiger partial charge on any atom is 0.123 e. The highest BCUT2D eigenvalue weighted by atomic mass is 32.1. The Labute approximate surface area is 140 Å². The summed E-state index contributed by atoms with van der Waals surface area (Å²) in [5.74, 6) is 0.303. The number of likely N-dealkylation sites (tertiary alicyclic amines) is 1. The van der Waals surface area contributed by atoms with Crippen LogP contribution in [0.5, 0.6) is 5.75 Å². The van der Waals surface area contributed by atoms with Gasteiger partial charge in [-0.3, -0.25) is 4.90 Å². The van der Waals surface area contributed by atoms with Crippen molar-refractivity contribution in [3.05, 3.63) is 52.0 Å². The molecule has 5 heteroatoms. The van der Waals surface area contributed by atoms with E-state index < -0.39 is 5.60 Å². The van der Waals surface area contributed by atoms with Crippen LogP contribution in [0.2, 0.25) is 0 Å². The highest BCUT2D eigenvalue weighted by Gasteiger charge is 2.34. The number of benzene rings is 1. The fourth-order valence-electron chi connectivity index (χ4n) is 3.00. The monoisotopic (exact) mass is 335 g/mol. The zero-order chi connectivity index (χ0) is 16.3. The number of aryl methyl sites for hydroxylation is 1. The molecule has 3 nitrogen and oxygen atoms in total. The highest BCUT2D eigenvalue weighted by molar-refractivity contribution is 7.11. The Balaban J connectivity index is 1.56. The first-order chi connectivity index (χ1) is 11.0. The lowest BCUT2D eigenvalue weighted by atomic mass is 9.93. The van der Waals surface area contributed by atoms with Gasteiger partial charge in [0.1, 0.15) is 23.8 Å². The summed E-state index contributed by atoms with van der Waals surface area (Å²) in [6.07, 6.45) is 1.68. The molecule has 1 aliphatic rings. The minimum atomic E-state index is -0.848. The molecular weight excluding hydrogens is 313 g/mol. The van der Waals surface area contributed by atoms with Crippen LogP contribution in [-0.4, -0.2) is 35.3 Å². The summed E-state index contributed by atoms with van der Waals surface area (Å²) in [5.41, 5.74) is -0.848. The summed E-state index contributed by atoms with van der Waals surface area (Å²) in [6, 6.07) is 10.2. The van der Waals surface area contributed by atoms with Gasteiger partial charge in [-0.1, -0.05) is 0 Å². The zero-order valence-corrected chi connectivity index (χ0v) is 14.1. The third-order valence-corrected chi connectivity index (χ3v) is 5.12. The van der Waals surface area contributed by atoms with Gasteiger partial charge in [0.2, 0.25) is 0 Å². The Morgan fingerprint density at radius 1 is 1.26 bits per heavy atom. The molecule has 0 spiro atoms. The largest absolute Gasteiger partial charge is 0.491 e. The van der Waals surface area contributed by atoms with Crippen LogP contribution in [0.15, 0.2) is 36.4 Å². The first kappa shape index (κ1) is 16.4. The fraction of sp³-hybridized carbons (Fsp3) is 0.444. The number of rotatable bonds is 5. The Bertz CT molecular complexity index is 643. The quantitative estimate of drug-likeness (QED) is 0.906. The zero-order valence-electron chi connectivity index (χ0n) is 13.3. The SMILES string of the molecule is Cc1ccc(CN2CCCC(O)(COc3ccc(F)cc3)C2)s1. The number of hydrogen-bond acceptors (Lipinski definition) is 4.